The molecule has 1 rings (SSSR count). The number of nitrogens with one attached hydrogen (secondary N) is 1. The van der Waals surface area contributed by atoms with E-state index in [9.17, 15) is 4.79 Å². The van der Waals surface area contributed by atoms with Gasteiger partial charge in [0.1, 0.15) is 5.75 Å². The number of rotatable bonds is 6. The quantitative estimate of drug-likeness (QED) is 0.822. The highest BCUT2D eigenvalue weighted by molar-refractivity contribution is 6.30. The highest BCUT2D eigenvalue weighted by Crippen LogP contribution is 2.30. The van der Waals surface area contributed by atoms with Gasteiger partial charge in [-0.15, -0.1) is 0 Å². The summed E-state index contributed by atoms with van der Waals surface area (Å²) >= 11 is 5.94. The fraction of sp³-hybridized carbons (Fsp3) is 0.417. The largest absolute Gasteiger partial charge is 0.496 e. The normalized spacial score (nSPS) is 12.2. The van der Waals surface area contributed by atoms with Gasteiger partial charge in [-0.1, -0.05) is 11.6 Å². The lowest BCUT2D eigenvalue weighted by molar-refractivity contribution is -0.137. The van der Waals surface area contributed by atoms with Crippen LogP contribution >= 0.6 is 11.6 Å². The van der Waals surface area contributed by atoms with Crippen LogP contribution in [0.1, 0.15) is 24.4 Å². The van der Waals surface area contributed by atoms with Crippen LogP contribution in [0.15, 0.2) is 18.2 Å². The van der Waals surface area contributed by atoms with E-state index in [1.54, 1.807) is 32.4 Å². The van der Waals surface area contributed by atoms with E-state index >= 15 is 0 Å². The third-order valence-electron chi connectivity index (χ3n) is 2.56. The number of carbonyl (C=O) groups is 1. The van der Waals surface area contributed by atoms with Crippen molar-refractivity contribution >= 4 is 17.6 Å². The van der Waals surface area contributed by atoms with E-state index in [1.807, 2.05) is 0 Å². The number of hydrogen-bond acceptors (Lipinski definition) is 3. The lowest BCUT2D eigenvalue weighted by Gasteiger charge is -2.18. The molecule has 0 bridgehead atoms. The summed E-state index contributed by atoms with van der Waals surface area (Å²) in [4.78, 5) is 10.6. The van der Waals surface area contributed by atoms with Gasteiger partial charge >= 0.3 is 5.97 Å². The molecule has 0 fully saturated rings. The fourth-order valence-electron chi connectivity index (χ4n) is 1.70. The highest BCUT2D eigenvalue weighted by Gasteiger charge is 2.16. The summed E-state index contributed by atoms with van der Waals surface area (Å²) in [5.74, 6) is -0.106. The van der Waals surface area contributed by atoms with Crippen LogP contribution in [0.5, 0.6) is 5.75 Å². The van der Waals surface area contributed by atoms with E-state index in [0.717, 1.165) is 5.56 Å². The molecule has 0 aliphatic heterocycles. The van der Waals surface area contributed by atoms with Gasteiger partial charge in [0.15, 0.2) is 0 Å². The molecule has 4 nitrogen and oxygen atoms in total. The fourth-order valence-corrected chi connectivity index (χ4v) is 1.88. The van der Waals surface area contributed by atoms with Crippen molar-refractivity contribution in [3.63, 3.8) is 0 Å². The molecule has 0 heterocycles. The number of ether oxygens (including phenoxy) is 1. The standard InChI is InChI=1S/C12H16ClNO3/c1-14-10(4-6-12(15)16)9-7-8(13)3-5-11(9)17-2/h3,5,7,10,14H,4,6H2,1-2H3,(H,15,16). The number of carboxylic acids is 1. The molecule has 94 valence electrons. The van der Waals surface area contributed by atoms with E-state index in [2.05, 4.69) is 5.32 Å². The van der Waals surface area contributed by atoms with Crippen molar-refractivity contribution < 1.29 is 14.6 Å². The third-order valence-corrected chi connectivity index (χ3v) is 2.80. The lowest BCUT2D eigenvalue weighted by atomic mass is 10.0. The smallest absolute Gasteiger partial charge is 0.303 e. The Hall–Kier alpha value is -1.26. The molecule has 0 aromatic heterocycles. The topological polar surface area (TPSA) is 58.6 Å². The number of methoxy groups -OCH3 is 1. The minimum Gasteiger partial charge on any atom is -0.496 e. The van der Waals surface area contributed by atoms with Crippen molar-refractivity contribution in [2.75, 3.05) is 14.2 Å². The highest BCUT2D eigenvalue weighted by atomic mass is 35.5. The van der Waals surface area contributed by atoms with Crippen molar-refractivity contribution in [2.45, 2.75) is 18.9 Å². The Labute approximate surface area is 106 Å². The first-order valence-corrected chi connectivity index (χ1v) is 5.68. The van der Waals surface area contributed by atoms with Crippen LogP contribution in [-0.2, 0) is 4.79 Å². The van der Waals surface area contributed by atoms with Gasteiger partial charge in [0.05, 0.1) is 7.11 Å². The van der Waals surface area contributed by atoms with Crippen molar-refractivity contribution in [1.82, 2.24) is 5.32 Å². The molecule has 5 heteroatoms. The summed E-state index contributed by atoms with van der Waals surface area (Å²) in [5, 5.41) is 12.4. The summed E-state index contributed by atoms with van der Waals surface area (Å²) in [6.45, 7) is 0. The van der Waals surface area contributed by atoms with Gasteiger partial charge in [0.25, 0.3) is 0 Å². The maximum Gasteiger partial charge on any atom is 0.303 e. The lowest BCUT2D eigenvalue weighted by Crippen LogP contribution is -2.18. The number of benzene rings is 1. The van der Waals surface area contributed by atoms with Gasteiger partial charge in [-0.3, -0.25) is 4.79 Å². The second-order valence-electron chi connectivity index (χ2n) is 3.66. The van der Waals surface area contributed by atoms with E-state index in [4.69, 9.17) is 21.4 Å². The minimum absolute atomic E-state index is 0.0836. The Morgan fingerprint density at radius 3 is 2.82 bits per heavy atom. The van der Waals surface area contributed by atoms with Crippen LogP contribution in [0.3, 0.4) is 0 Å². The molecule has 1 aromatic carbocycles. The molecular formula is C12H16ClNO3. The number of carboxylic acid groups (broad SMARTS) is 1. The van der Waals surface area contributed by atoms with Crippen LogP contribution < -0.4 is 10.1 Å². The molecule has 0 radical (unpaired) electrons. The van der Waals surface area contributed by atoms with Gasteiger partial charge < -0.3 is 15.2 Å². The predicted octanol–water partition coefficient (Wildman–Crippen LogP) is 2.47. The second kappa shape index (κ2) is 6.47. The Balaban J connectivity index is 2.93. The zero-order valence-corrected chi connectivity index (χ0v) is 10.6. The molecular weight excluding hydrogens is 242 g/mol. The van der Waals surface area contributed by atoms with Crippen LogP contribution in [0.2, 0.25) is 5.02 Å². The summed E-state index contributed by atoms with van der Waals surface area (Å²) in [7, 11) is 3.36. The van der Waals surface area contributed by atoms with Crippen molar-refractivity contribution in [3.05, 3.63) is 28.8 Å². The van der Waals surface area contributed by atoms with E-state index < -0.39 is 5.97 Å². The Kier molecular flexibility index (Phi) is 5.25. The molecule has 2 N–H and O–H groups in total. The first-order chi connectivity index (χ1) is 8.08. The van der Waals surface area contributed by atoms with Gasteiger partial charge in [-0.25, -0.2) is 0 Å². The zero-order chi connectivity index (χ0) is 12.8. The van der Waals surface area contributed by atoms with Crippen molar-refractivity contribution in [3.8, 4) is 5.75 Å². The monoisotopic (exact) mass is 257 g/mol. The van der Waals surface area contributed by atoms with Crippen LogP contribution in [0, 0.1) is 0 Å². The predicted molar refractivity (Wildman–Crippen MR) is 66.7 cm³/mol. The van der Waals surface area contributed by atoms with E-state index in [1.165, 1.54) is 0 Å². The Morgan fingerprint density at radius 1 is 1.59 bits per heavy atom. The SMILES string of the molecule is CNC(CCC(=O)O)c1cc(Cl)ccc1OC. The summed E-state index contributed by atoms with van der Waals surface area (Å²) < 4.78 is 5.24. The molecule has 1 unspecified atom stereocenters. The maximum atomic E-state index is 10.6. The van der Waals surface area contributed by atoms with Crippen LogP contribution in [0.4, 0.5) is 0 Å². The van der Waals surface area contributed by atoms with E-state index in [0.29, 0.717) is 17.2 Å². The molecule has 1 aromatic rings. The molecule has 0 saturated carbocycles. The molecule has 1 atom stereocenters. The maximum absolute atomic E-state index is 10.6. The summed E-state index contributed by atoms with van der Waals surface area (Å²) in [6.07, 6.45) is 0.587. The summed E-state index contributed by atoms with van der Waals surface area (Å²) in [5.41, 5.74) is 0.878. The van der Waals surface area contributed by atoms with Gasteiger partial charge in [0.2, 0.25) is 0 Å². The molecule has 0 aliphatic carbocycles. The van der Waals surface area contributed by atoms with Gasteiger partial charge in [-0.2, -0.15) is 0 Å². The molecule has 0 amide bonds. The third kappa shape index (κ3) is 3.91. The average molecular weight is 258 g/mol. The van der Waals surface area contributed by atoms with Crippen molar-refractivity contribution in [2.24, 2.45) is 0 Å². The number of aliphatic carboxylic acids is 1. The first-order valence-electron chi connectivity index (χ1n) is 5.31. The first kappa shape index (κ1) is 13.8. The Bertz CT molecular complexity index is 395. The van der Waals surface area contributed by atoms with Crippen LogP contribution in [-0.4, -0.2) is 25.2 Å². The second-order valence-corrected chi connectivity index (χ2v) is 4.10. The zero-order valence-electron chi connectivity index (χ0n) is 9.87. The molecule has 0 spiro atoms. The number of hydrogen-bond donors (Lipinski definition) is 2. The molecule has 17 heavy (non-hydrogen) atoms. The van der Waals surface area contributed by atoms with Crippen LogP contribution in [0.25, 0.3) is 0 Å². The van der Waals surface area contributed by atoms with Gasteiger partial charge in [-0.05, 0) is 31.7 Å². The molecule has 0 aliphatic rings. The average Bonchev–Trinajstić information content (AvgIpc) is 2.30. The van der Waals surface area contributed by atoms with E-state index in [-0.39, 0.29) is 12.5 Å². The molecule has 0 saturated heterocycles. The van der Waals surface area contributed by atoms with Gasteiger partial charge in [0, 0.05) is 23.0 Å². The van der Waals surface area contributed by atoms with Crippen molar-refractivity contribution in [1.29, 1.82) is 0 Å². The summed E-state index contributed by atoms with van der Waals surface area (Å²) in [6, 6.07) is 5.24. The minimum atomic E-state index is -0.814. The number of halogens is 1. The Morgan fingerprint density at radius 2 is 2.29 bits per heavy atom.